The number of halogens is 3. The van der Waals surface area contributed by atoms with E-state index in [4.69, 9.17) is 4.74 Å². The Morgan fingerprint density at radius 3 is 2.85 bits per heavy atom. The summed E-state index contributed by atoms with van der Waals surface area (Å²) in [5.74, 6) is 0.314. The molecule has 6 nitrogen and oxygen atoms in total. The zero-order chi connectivity index (χ0) is 18.3. The van der Waals surface area contributed by atoms with E-state index in [1.807, 2.05) is 31.2 Å². The third kappa shape index (κ3) is 3.16. The summed E-state index contributed by atoms with van der Waals surface area (Å²) in [4.78, 5) is 0. The van der Waals surface area contributed by atoms with E-state index in [9.17, 15) is 13.2 Å². The van der Waals surface area contributed by atoms with Gasteiger partial charge >= 0.3 is 6.18 Å². The van der Waals surface area contributed by atoms with Crippen molar-refractivity contribution in [3.63, 3.8) is 0 Å². The largest absolute Gasteiger partial charge is 0.494 e. The lowest BCUT2D eigenvalue weighted by molar-refractivity contribution is -0.146. The normalized spacial score (nSPS) is 19.5. The van der Waals surface area contributed by atoms with Gasteiger partial charge in [-0.2, -0.15) is 17.7 Å². The molecule has 136 valence electrons. The molecular formula is C17H16F3N5O. The number of anilines is 1. The van der Waals surface area contributed by atoms with Crippen LogP contribution in [0.4, 0.5) is 19.0 Å². The van der Waals surface area contributed by atoms with Crippen LogP contribution in [0.2, 0.25) is 0 Å². The number of ether oxygens (including phenoxy) is 1. The number of benzene rings is 1. The van der Waals surface area contributed by atoms with Crippen molar-refractivity contribution in [2.45, 2.75) is 31.5 Å². The quantitative estimate of drug-likeness (QED) is 0.752. The van der Waals surface area contributed by atoms with Gasteiger partial charge in [-0.05, 0) is 43.2 Å². The summed E-state index contributed by atoms with van der Waals surface area (Å²) in [5.41, 5.74) is 1.19. The number of fused-ring (bicyclic) bond motifs is 1. The topological polar surface area (TPSA) is 64.3 Å². The minimum atomic E-state index is -4.60. The molecule has 2 atom stereocenters. The standard InChI is InChI=1S/C17H16F3N5O/c1-2-26-11-5-3-4-10(8-11)12-9-13(12)21-14-6-7-15-22-23-16(17(18,19)20)25(15)24-14/h3-8,12-13H,2,9H2,1H3,(H,21,24)/t12-,13+/m0/s1. The Kier molecular flexibility index (Phi) is 3.93. The molecule has 4 rings (SSSR count). The second kappa shape index (κ2) is 6.15. The molecule has 1 saturated carbocycles. The van der Waals surface area contributed by atoms with E-state index in [0.717, 1.165) is 22.2 Å². The van der Waals surface area contributed by atoms with Gasteiger partial charge in [0.2, 0.25) is 0 Å². The van der Waals surface area contributed by atoms with Crippen LogP contribution >= 0.6 is 0 Å². The molecule has 9 heteroatoms. The van der Waals surface area contributed by atoms with Gasteiger partial charge in [0.1, 0.15) is 11.6 Å². The molecule has 2 heterocycles. The molecule has 0 aliphatic heterocycles. The van der Waals surface area contributed by atoms with Crippen LogP contribution in [0.1, 0.15) is 30.7 Å². The summed E-state index contributed by atoms with van der Waals surface area (Å²) in [6, 6.07) is 11.0. The number of nitrogens with zero attached hydrogens (tertiary/aromatic N) is 4. The van der Waals surface area contributed by atoms with E-state index in [0.29, 0.717) is 12.4 Å². The van der Waals surface area contributed by atoms with Gasteiger partial charge < -0.3 is 10.1 Å². The Bertz CT molecular complexity index is 940. The predicted molar refractivity (Wildman–Crippen MR) is 88.2 cm³/mol. The lowest BCUT2D eigenvalue weighted by Gasteiger charge is -2.08. The lowest BCUT2D eigenvalue weighted by Crippen LogP contribution is -2.14. The first-order valence-electron chi connectivity index (χ1n) is 8.24. The van der Waals surface area contributed by atoms with Crippen LogP contribution in [0.3, 0.4) is 0 Å². The van der Waals surface area contributed by atoms with E-state index in [1.54, 1.807) is 6.07 Å². The third-order valence-electron chi connectivity index (χ3n) is 4.24. The van der Waals surface area contributed by atoms with Crippen LogP contribution in [0, 0.1) is 0 Å². The molecular weight excluding hydrogens is 347 g/mol. The highest BCUT2D eigenvalue weighted by molar-refractivity contribution is 5.47. The van der Waals surface area contributed by atoms with Gasteiger partial charge in [-0.1, -0.05) is 12.1 Å². The minimum Gasteiger partial charge on any atom is -0.494 e. The minimum absolute atomic E-state index is 0.0552. The first kappa shape index (κ1) is 16.6. The highest BCUT2D eigenvalue weighted by atomic mass is 19.4. The summed E-state index contributed by atoms with van der Waals surface area (Å²) in [7, 11) is 0. The summed E-state index contributed by atoms with van der Waals surface area (Å²) < 4.78 is 45.1. The van der Waals surface area contributed by atoms with Crippen LogP contribution in [0.5, 0.6) is 5.75 Å². The third-order valence-corrected chi connectivity index (χ3v) is 4.24. The van der Waals surface area contributed by atoms with Crippen LogP contribution in [0.15, 0.2) is 36.4 Å². The van der Waals surface area contributed by atoms with Gasteiger partial charge in [0.25, 0.3) is 5.82 Å². The lowest BCUT2D eigenvalue weighted by atomic mass is 10.1. The van der Waals surface area contributed by atoms with Crippen LogP contribution in [-0.2, 0) is 6.18 Å². The van der Waals surface area contributed by atoms with E-state index in [1.165, 1.54) is 6.07 Å². The fourth-order valence-corrected chi connectivity index (χ4v) is 2.96. The number of rotatable bonds is 5. The Morgan fingerprint density at radius 1 is 1.23 bits per heavy atom. The van der Waals surface area contributed by atoms with Gasteiger partial charge in [-0.3, -0.25) is 0 Å². The SMILES string of the molecule is CCOc1cccc([C@@H]2C[C@H]2Nc2ccc3nnc(C(F)(F)F)n3n2)c1. The summed E-state index contributed by atoms with van der Waals surface area (Å²) in [5, 5.41) is 13.8. The van der Waals surface area contributed by atoms with Gasteiger partial charge in [0.05, 0.1) is 6.61 Å². The molecule has 0 bridgehead atoms. The Labute approximate surface area is 147 Å². The maximum absolute atomic E-state index is 12.9. The number of nitrogens with one attached hydrogen (secondary N) is 1. The van der Waals surface area contributed by atoms with Crippen LogP contribution < -0.4 is 10.1 Å². The van der Waals surface area contributed by atoms with Gasteiger partial charge in [-0.15, -0.1) is 15.3 Å². The highest BCUT2D eigenvalue weighted by Gasteiger charge is 2.40. The molecule has 3 aromatic rings. The molecule has 2 aromatic heterocycles. The average molecular weight is 363 g/mol. The zero-order valence-electron chi connectivity index (χ0n) is 13.9. The fraction of sp³-hybridized carbons (Fsp3) is 0.353. The fourth-order valence-electron chi connectivity index (χ4n) is 2.96. The average Bonchev–Trinajstić information content (AvgIpc) is 3.22. The van der Waals surface area contributed by atoms with Gasteiger partial charge in [0, 0.05) is 12.0 Å². The summed E-state index contributed by atoms with van der Waals surface area (Å²) in [6.07, 6.45) is -3.73. The van der Waals surface area contributed by atoms with Crippen molar-refractivity contribution in [3.05, 3.63) is 47.8 Å². The van der Waals surface area contributed by atoms with E-state index in [2.05, 4.69) is 20.6 Å². The first-order valence-corrected chi connectivity index (χ1v) is 8.24. The zero-order valence-corrected chi connectivity index (χ0v) is 13.9. The molecule has 1 fully saturated rings. The maximum Gasteiger partial charge on any atom is 0.453 e. The predicted octanol–water partition coefficient (Wildman–Crippen LogP) is 3.51. The highest BCUT2D eigenvalue weighted by Crippen LogP contribution is 2.43. The first-order chi connectivity index (χ1) is 12.5. The molecule has 1 N–H and O–H groups in total. The second-order valence-corrected chi connectivity index (χ2v) is 6.11. The van der Waals surface area contributed by atoms with Crippen molar-refractivity contribution in [1.82, 2.24) is 19.8 Å². The Morgan fingerprint density at radius 2 is 2.08 bits per heavy atom. The van der Waals surface area contributed by atoms with Gasteiger partial charge in [0.15, 0.2) is 5.65 Å². The van der Waals surface area contributed by atoms with Crippen molar-refractivity contribution < 1.29 is 17.9 Å². The molecule has 1 aliphatic carbocycles. The van der Waals surface area contributed by atoms with Crippen molar-refractivity contribution >= 4 is 11.5 Å². The monoisotopic (exact) mass is 363 g/mol. The molecule has 1 aromatic carbocycles. The number of hydrogen-bond acceptors (Lipinski definition) is 5. The smallest absolute Gasteiger partial charge is 0.453 e. The second-order valence-electron chi connectivity index (χ2n) is 6.11. The van der Waals surface area contributed by atoms with Gasteiger partial charge in [-0.25, -0.2) is 0 Å². The number of alkyl halides is 3. The van der Waals surface area contributed by atoms with Crippen LogP contribution in [-0.4, -0.2) is 32.5 Å². The Hall–Kier alpha value is -2.84. The molecule has 0 spiro atoms. The number of hydrogen-bond donors (Lipinski definition) is 1. The number of aromatic nitrogens is 4. The molecule has 0 amide bonds. The van der Waals surface area contributed by atoms with Crippen molar-refractivity contribution in [2.75, 3.05) is 11.9 Å². The molecule has 0 unspecified atom stereocenters. The van der Waals surface area contributed by atoms with E-state index < -0.39 is 12.0 Å². The molecule has 26 heavy (non-hydrogen) atoms. The van der Waals surface area contributed by atoms with Crippen LogP contribution in [0.25, 0.3) is 5.65 Å². The molecule has 1 aliphatic rings. The molecule has 0 saturated heterocycles. The maximum atomic E-state index is 12.9. The summed E-state index contributed by atoms with van der Waals surface area (Å²) in [6.45, 7) is 2.52. The molecule has 0 radical (unpaired) electrons. The van der Waals surface area contributed by atoms with Crippen molar-refractivity contribution in [1.29, 1.82) is 0 Å². The van der Waals surface area contributed by atoms with E-state index >= 15 is 0 Å². The van der Waals surface area contributed by atoms with E-state index in [-0.39, 0.29) is 17.6 Å². The summed E-state index contributed by atoms with van der Waals surface area (Å²) >= 11 is 0. The van der Waals surface area contributed by atoms with Crippen molar-refractivity contribution in [3.8, 4) is 5.75 Å². The van der Waals surface area contributed by atoms with Crippen molar-refractivity contribution in [2.24, 2.45) is 0 Å². The Balaban J connectivity index is 1.51.